The molecule has 0 spiro atoms. The highest BCUT2D eigenvalue weighted by atomic mass is 16.3. The Kier molecular flexibility index (Phi) is 2.21. The maximum atomic E-state index is 9.67. The zero-order valence-corrected chi connectivity index (χ0v) is 8.01. The Morgan fingerprint density at radius 2 is 1.67 bits per heavy atom. The molecule has 0 aliphatic carbocycles. The lowest BCUT2D eigenvalue weighted by atomic mass is 10.0. The van der Waals surface area contributed by atoms with Crippen molar-refractivity contribution in [2.45, 2.75) is 0 Å². The van der Waals surface area contributed by atoms with Crippen molar-refractivity contribution in [3.8, 4) is 22.6 Å². The Hall–Kier alpha value is -2.16. The summed E-state index contributed by atoms with van der Waals surface area (Å²) < 4.78 is 0. The van der Waals surface area contributed by atoms with Gasteiger partial charge in [-0.05, 0) is 29.8 Å². The van der Waals surface area contributed by atoms with Gasteiger partial charge < -0.3 is 15.9 Å². The van der Waals surface area contributed by atoms with Gasteiger partial charge in [0, 0.05) is 11.3 Å². The summed E-state index contributed by atoms with van der Waals surface area (Å²) in [4.78, 5) is 0. The summed E-state index contributed by atoms with van der Waals surface area (Å²) in [5.41, 5.74) is 7.50. The van der Waals surface area contributed by atoms with Gasteiger partial charge in [-0.1, -0.05) is 18.2 Å². The molecule has 0 radical (unpaired) electrons. The lowest BCUT2D eigenvalue weighted by Crippen LogP contribution is -1.89. The predicted octanol–water partition coefficient (Wildman–Crippen LogP) is 2.35. The third-order valence-corrected chi connectivity index (χ3v) is 2.21. The molecule has 3 nitrogen and oxygen atoms in total. The summed E-state index contributed by atoms with van der Waals surface area (Å²) in [5, 5.41) is 19.0. The van der Waals surface area contributed by atoms with Gasteiger partial charge in [-0.2, -0.15) is 0 Å². The first-order valence-corrected chi connectivity index (χ1v) is 4.55. The van der Waals surface area contributed by atoms with E-state index in [2.05, 4.69) is 0 Å². The number of phenols is 2. The molecule has 3 heteroatoms. The maximum absolute atomic E-state index is 9.67. The van der Waals surface area contributed by atoms with Gasteiger partial charge in [0.1, 0.15) is 11.5 Å². The molecule has 0 aromatic heterocycles. The number of nitrogen functional groups attached to an aromatic ring is 1. The van der Waals surface area contributed by atoms with Crippen LogP contribution in [0.4, 0.5) is 5.69 Å². The van der Waals surface area contributed by atoms with Crippen LogP contribution in [0.2, 0.25) is 0 Å². The molecule has 0 saturated heterocycles. The normalized spacial score (nSPS) is 10.1. The van der Waals surface area contributed by atoms with Crippen molar-refractivity contribution in [1.29, 1.82) is 0 Å². The van der Waals surface area contributed by atoms with E-state index in [0.29, 0.717) is 16.8 Å². The maximum Gasteiger partial charge on any atom is 0.125 e. The minimum atomic E-state index is 0.112. The first-order chi connectivity index (χ1) is 7.18. The van der Waals surface area contributed by atoms with Crippen molar-refractivity contribution >= 4 is 5.69 Å². The molecule has 2 rings (SSSR count). The quantitative estimate of drug-likeness (QED) is 0.620. The molecule has 0 aliphatic rings. The largest absolute Gasteiger partial charge is 0.508 e. The first-order valence-electron chi connectivity index (χ1n) is 4.55. The molecule has 0 unspecified atom stereocenters. The smallest absolute Gasteiger partial charge is 0.125 e. The van der Waals surface area contributed by atoms with Crippen molar-refractivity contribution in [3.05, 3.63) is 42.5 Å². The van der Waals surface area contributed by atoms with E-state index in [1.807, 2.05) is 0 Å². The topological polar surface area (TPSA) is 66.5 Å². The summed E-state index contributed by atoms with van der Waals surface area (Å²) in [6.07, 6.45) is 0. The van der Waals surface area contributed by atoms with Crippen LogP contribution in [0, 0.1) is 0 Å². The van der Waals surface area contributed by atoms with Gasteiger partial charge in [0.2, 0.25) is 0 Å². The number of anilines is 1. The molecule has 0 heterocycles. The molecule has 2 aromatic carbocycles. The Morgan fingerprint density at radius 1 is 0.933 bits per heavy atom. The monoisotopic (exact) mass is 201 g/mol. The summed E-state index contributed by atoms with van der Waals surface area (Å²) >= 11 is 0. The van der Waals surface area contributed by atoms with Crippen LogP contribution in [0.1, 0.15) is 0 Å². The van der Waals surface area contributed by atoms with E-state index in [0.717, 1.165) is 0 Å². The zero-order chi connectivity index (χ0) is 10.8. The number of hydrogen-bond donors (Lipinski definition) is 3. The highest BCUT2D eigenvalue weighted by molar-refractivity contribution is 5.82. The standard InChI is InChI=1S/C12H11NO2/c13-10-5-2-6-11(15)12(10)8-3-1-4-9(14)7-8/h1-7,14-15H,13H2. The fraction of sp³-hybridized carbons (Fsp3) is 0. The van der Waals surface area contributed by atoms with E-state index in [1.165, 1.54) is 0 Å². The number of aromatic hydroxyl groups is 2. The Balaban J connectivity index is 2.63. The van der Waals surface area contributed by atoms with Crippen molar-refractivity contribution in [2.75, 3.05) is 5.73 Å². The number of hydrogen-bond acceptors (Lipinski definition) is 3. The van der Waals surface area contributed by atoms with Crippen molar-refractivity contribution in [2.24, 2.45) is 0 Å². The average Bonchev–Trinajstić information content (AvgIpc) is 2.17. The van der Waals surface area contributed by atoms with Crippen LogP contribution in [0.25, 0.3) is 11.1 Å². The second-order valence-corrected chi connectivity index (χ2v) is 3.29. The number of phenolic OH excluding ortho intramolecular Hbond substituents is 2. The predicted molar refractivity (Wildman–Crippen MR) is 59.6 cm³/mol. The second kappa shape index (κ2) is 3.53. The molecule has 0 amide bonds. The molecule has 0 saturated carbocycles. The first kappa shape index (κ1) is 9.40. The average molecular weight is 201 g/mol. The number of nitrogens with two attached hydrogens (primary N) is 1. The van der Waals surface area contributed by atoms with Gasteiger partial charge in [-0.3, -0.25) is 0 Å². The summed E-state index contributed by atoms with van der Waals surface area (Å²) in [7, 11) is 0. The molecule has 0 atom stereocenters. The van der Waals surface area contributed by atoms with E-state index in [4.69, 9.17) is 5.73 Å². The Bertz CT molecular complexity index is 474. The van der Waals surface area contributed by atoms with Crippen LogP contribution in [0.3, 0.4) is 0 Å². The third-order valence-electron chi connectivity index (χ3n) is 2.21. The number of benzene rings is 2. The summed E-state index contributed by atoms with van der Waals surface area (Å²) in [6.45, 7) is 0. The zero-order valence-electron chi connectivity index (χ0n) is 8.01. The lowest BCUT2D eigenvalue weighted by molar-refractivity contribution is 0.474. The van der Waals surface area contributed by atoms with E-state index in [9.17, 15) is 10.2 Å². The van der Waals surface area contributed by atoms with Gasteiger partial charge in [0.15, 0.2) is 0 Å². The van der Waals surface area contributed by atoms with Gasteiger partial charge in [0.25, 0.3) is 0 Å². The molecule has 0 aliphatic heterocycles. The van der Waals surface area contributed by atoms with E-state index in [-0.39, 0.29) is 11.5 Å². The van der Waals surface area contributed by atoms with Gasteiger partial charge in [-0.15, -0.1) is 0 Å². The van der Waals surface area contributed by atoms with Crippen LogP contribution in [-0.2, 0) is 0 Å². The van der Waals surface area contributed by atoms with E-state index >= 15 is 0 Å². The van der Waals surface area contributed by atoms with Crippen molar-refractivity contribution < 1.29 is 10.2 Å². The van der Waals surface area contributed by atoms with Crippen LogP contribution in [0.5, 0.6) is 11.5 Å². The summed E-state index contributed by atoms with van der Waals surface area (Å²) in [6, 6.07) is 11.6. The highest BCUT2D eigenvalue weighted by Crippen LogP contribution is 2.35. The Morgan fingerprint density at radius 3 is 2.33 bits per heavy atom. The molecular formula is C12H11NO2. The molecular weight excluding hydrogens is 190 g/mol. The molecule has 2 aromatic rings. The second-order valence-electron chi connectivity index (χ2n) is 3.29. The van der Waals surface area contributed by atoms with Crippen LogP contribution in [-0.4, -0.2) is 10.2 Å². The lowest BCUT2D eigenvalue weighted by Gasteiger charge is -2.08. The van der Waals surface area contributed by atoms with Crippen molar-refractivity contribution in [1.82, 2.24) is 0 Å². The fourth-order valence-corrected chi connectivity index (χ4v) is 1.53. The van der Waals surface area contributed by atoms with Gasteiger partial charge >= 0.3 is 0 Å². The van der Waals surface area contributed by atoms with Gasteiger partial charge in [-0.25, -0.2) is 0 Å². The highest BCUT2D eigenvalue weighted by Gasteiger charge is 2.07. The third kappa shape index (κ3) is 1.72. The van der Waals surface area contributed by atoms with Crippen LogP contribution in [0.15, 0.2) is 42.5 Å². The SMILES string of the molecule is Nc1cccc(O)c1-c1cccc(O)c1. The van der Waals surface area contributed by atoms with Crippen LogP contribution < -0.4 is 5.73 Å². The molecule has 4 N–H and O–H groups in total. The van der Waals surface area contributed by atoms with Crippen molar-refractivity contribution in [3.63, 3.8) is 0 Å². The minimum absolute atomic E-state index is 0.112. The molecule has 76 valence electrons. The molecule has 15 heavy (non-hydrogen) atoms. The minimum Gasteiger partial charge on any atom is -0.508 e. The van der Waals surface area contributed by atoms with Crippen LogP contribution >= 0.6 is 0 Å². The molecule has 0 fully saturated rings. The van der Waals surface area contributed by atoms with E-state index < -0.39 is 0 Å². The summed E-state index contributed by atoms with van der Waals surface area (Å²) in [5.74, 6) is 0.260. The fourth-order valence-electron chi connectivity index (χ4n) is 1.53. The van der Waals surface area contributed by atoms with E-state index in [1.54, 1.807) is 42.5 Å². The molecule has 0 bridgehead atoms. The van der Waals surface area contributed by atoms with Gasteiger partial charge in [0.05, 0.1) is 0 Å². The Labute approximate surface area is 87.4 Å². The number of rotatable bonds is 1.